The maximum absolute atomic E-state index is 13.2. The summed E-state index contributed by atoms with van der Waals surface area (Å²) >= 11 is 0. The van der Waals surface area contributed by atoms with E-state index >= 15 is 0 Å². The lowest BCUT2D eigenvalue weighted by atomic mass is 10.1. The molecule has 186 valence electrons. The molecule has 0 aliphatic carbocycles. The lowest BCUT2D eigenvalue weighted by Crippen LogP contribution is -2.40. The summed E-state index contributed by atoms with van der Waals surface area (Å²) in [5.74, 6) is 0. The van der Waals surface area contributed by atoms with Gasteiger partial charge in [0.2, 0.25) is 10.0 Å². The van der Waals surface area contributed by atoms with Gasteiger partial charge in [0.1, 0.15) is 10.6 Å². The van der Waals surface area contributed by atoms with Gasteiger partial charge in [-0.15, -0.1) is 0 Å². The average Bonchev–Trinajstić information content (AvgIpc) is 3.39. The number of hydrogen-bond donors (Lipinski definition) is 1. The van der Waals surface area contributed by atoms with Crippen molar-refractivity contribution in [3.8, 4) is 0 Å². The molecule has 2 aromatic carbocycles. The molecule has 0 amide bonds. The number of anilines is 2. The monoisotopic (exact) mass is 504 g/mol. The van der Waals surface area contributed by atoms with Crippen LogP contribution in [0.2, 0.25) is 0 Å². The fraction of sp³-hybridized carbons (Fsp3) is 0.381. The largest absolute Gasteiger partial charge is 0.379 e. The molecule has 2 aliphatic heterocycles. The van der Waals surface area contributed by atoms with Gasteiger partial charge in [-0.3, -0.25) is 25.7 Å². The third-order valence-electron chi connectivity index (χ3n) is 5.81. The van der Waals surface area contributed by atoms with Crippen molar-refractivity contribution >= 4 is 39.0 Å². The smallest absolute Gasteiger partial charge is 0.293 e. The minimum absolute atomic E-state index is 0.0400. The Morgan fingerprint density at radius 1 is 0.971 bits per heavy atom. The highest BCUT2D eigenvalue weighted by Gasteiger charge is 2.30. The van der Waals surface area contributed by atoms with Gasteiger partial charge in [0.15, 0.2) is 0 Å². The molecule has 14 heteroatoms. The van der Waals surface area contributed by atoms with Crippen LogP contribution in [0.25, 0.3) is 0 Å². The van der Waals surface area contributed by atoms with E-state index in [1.165, 1.54) is 28.7 Å². The second kappa shape index (κ2) is 10.3. The molecular weight excluding hydrogens is 480 g/mol. The van der Waals surface area contributed by atoms with Crippen LogP contribution in [0.15, 0.2) is 46.4 Å². The number of benzene rings is 2. The fourth-order valence-electron chi connectivity index (χ4n) is 4.03. The molecule has 35 heavy (non-hydrogen) atoms. The number of ether oxygens (including phenoxy) is 1. The fourth-order valence-corrected chi connectivity index (χ4v) is 5.59. The summed E-state index contributed by atoms with van der Waals surface area (Å²) in [5.41, 5.74) is 3.23. The minimum Gasteiger partial charge on any atom is -0.379 e. The van der Waals surface area contributed by atoms with E-state index in [4.69, 9.17) is 4.74 Å². The summed E-state index contributed by atoms with van der Waals surface area (Å²) in [6, 6.07) is 8.18. The van der Waals surface area contributed by atoms with Gasteiger partial charge < -0.3 is 9.64 Å². The van der Waals surface area contributed by atoms with Gasteiger partial charge in [0, 0.05) is 49.9 Å². The first-order valence-corrected chi connectivity index (χ1v) is 12.4. The second-order valence-corrected chi connectivity index (χ2v) is 9.93. The van der Waals surface area contributed by atoms with E-state index in [9.17, 15) is 28.6 Å². The number of nitro benzene ring substituents is 2. The van der Waals surface area contributed by atoms with Crippen LogP contribution in [0, 0.1) is 20.2 Å². The van der Waals surface area contributed by atoms with Crippen molar-refractivity contribution in [2.24, 2.45) is 5.10 Å². The minimum atomic E-state index is -4.06. The molecule has 0 radical (unpaired) electrons. The number of nitro groups is 2. The summed E-state index contributed by atoms with van der Waals surface area (Å²) in [6.45, 7) is 2.22. The van der Waals surface area contributed by atoms with E-state index in [0.717, 1.165) is 32.0 Å². The van der Waals surface area contributed by atoms with Gasteiger partial charge in [0.25, 0.3) is 11.4 Å². The van der Waals surface area contributed by atoms with Crippen molar-refractivity contribution in [1.82, 2.24) is 4.31 Å². The molecule has 0 atom stereocenters. The number of sulfonamides is 1. The molecule has 2 aromatic rings. The first-order valence-electron chi connectivity index (χ1n) is 11.0. The topological polar surface area (TPSA) is 161 Å². The number of non-ortho nitro benzene ring substituents is 1. The zero-order valence-corrected chi connectivity index (χ0v) is 19.5. The molecule has 1 N–H and O–H groups in total. The molecule has 2 saturated heterocycles. The molecule has 0 spiro atoms. The van der Waals surface area contributed by atoms with Crippen LogP contribution in [-0.4, -0.2) is 68.2 Å². The van der Waals surface area contributed by atoms with Crippen molar-refractivity contribution in [1.29, 1.82) is 0 Å². The van der Waals surface area contributed by atoms with Crippen molar-refractivity contribution in [2.75, 3.05) is 49.7 Å². The van der Waals surface area contributed by atoms with Gasteiger partial charge in [-0.1, -0.05) is 6.07 Å². The van der Waals surface area contributed by atoms with Crippen molar-refractivity contribution in [3.63, 3.8) is 0 Å². The van der Waals surface area contributed by atoms with E-state index < -0.39 is 19.9 Å². The van der Waals surface area contributed by atoms with Crippen LogP contribution in [0.1, 0.15) is 18.4 Å². The molecular formula is C21H24N6O7S. The molecule has 0 unspecified atom stereocenters. The summed E-state index contributed by atoms with van der Waals surface area (Å²) in [5, 5.41) is 26.9. The number of hydrogen-bond acceptors (Lipinski definition) is 10. The number of nitrogens with one attached hydrogen (secondary N) is 1. The Kier molecular flexibility index (Phi) is 7.23. The van der Waals surface area contributed by atoms with Gasteiger partial charge >= 0.3 is 0 Å². The first kappa shape index (κ1) is 24.5. The van der Waals surface area contributed by atoms with Crippen LogP contribution >= 0.6 is 0 Å². The Balaban J connectivity index is 1.60. The number of hydrazone groups is 1. The average molecular weight is 505 g/mol. The lowest BCUT2D eigenvalue weighted by molar-refractivity contribution is -0.385. The third-order valence-corrected chi connectivity index (χ3v) is 7.74. The first-order chi connectivity index (χ1) is 16.8. The summed E-state index contributed by atoms with van der Waals surface area (Å²) in [4.78, 5) is 23.4. The van der Waals surface area contributed by atoms with E-state index in [1.54, 1.807) is 12.1 Å². The van der Waals surface area contributed by atoms with Gasteiger partial charge in [-0.25, -0.2) is 8.42 Å². The predicted octanol–water partition coefficient (Wildman–Crippen LogP) is 2.57. The Morgan fingerprint density at radius 3 is 2.34 bits per heavy atom. The molecule has 4 rings (SSSR count). The highest BCUT2D eigenvalue weighted by molar-refractivity contribution is 7.89. The van der Waals surface area contributed by atoms with Crippen LogP contribution in [0.3, 0.4) is 0 Å². The Morgan fingerprint density at radius 2 is 1.69 bits per heavy atom. The molecule has 2 heterocycles. The molecule has 2 aliphatic rings. The van der Waals surface area contributed by atoms with Gasteiger partial charge in [-0.05, 0) is 25.0 Å². The van der Waals surface area contributed by atoms with Crippen LogP contribution < -0.4 is 10.3 Å². The zero-order chi connectivity index (χ0) is 25.0. The van der Waals surface area contributed by atoms with Crippen molar-refractivity contribution < 1.29 is 23.0 Å². The van der Waals surface area contributed by atoms with E-state index in [0.29, 0.717) is 11.3 Å². The van der Waals surface area contributed by atoms with Crippen molar-refractivity contribution in [3.05, 3.63) is 62.2 Å². The number of rotatable bonds is 8. The number of nitrogens with zero attached hydrogens (tertiary/aromatic N) is 5. The van der Waals surface area contributed by atoms with E-state index in [1.807, 2.05) is 4.90 Å². The lowest BCUT2D eigenvalue weighted by Gasteiger charge is -2.26. The third kappa shape index (κ3) is 5.39. The maximum atomic E-state index is 13.2. The molecule has 0 bridgehead atoms. The molecule has 2 fully saturated rings. The summed E-state index contributed by atoms with van der Waals surface area (Å²) < 4.78 is 32.7. The second-order valence-electron chi connectivity index (χ2n) is 8.02. The maximum Gasteiger partial charge on any atom is 0.293 e. The standard InChI is InChI=1S/C21H24N6O7S/c28-26(29)17-4-5-18(21(14-17)35(32,33)25-9-11-34-12-10-25)23-22-15-16-3-6-19(20(13-16)27(30)31)24-7-1-2-8-24/h3-6,13-15,23H,1-2,7-12H2. The van der Waals surface area contributed by atoms with Crippen LogP contribution in [0.4, 0.5) is 22.7 Å². The summed E-state index contributed by atoms with van der Waals surface area (Å²) in [7, 11) is -4.06. The summed E-state index contributed by atoms with van der Waals surface area (Å²) in [6.07, 6.45) is 3.29. The van der Waals surface area contributed by atoms with Gasteiger partial charge in [0.05, 0.1) is 35.0 Å². The number of morpholine rings is 1. The highest BCUT2D eigenvalue weighted by Crippen LogP contribution is 2.32. The van der Waals surface area contributed by atoms with Crippen LogP contribution in [-0.2, 0) is 14.8 Å². The van der Waals surface area contributed by atoms with E-state index in [-0.39, 0.29) is 48.3 Å². The Bertz CT molecular complexity index is 1250. The molecule has 0 saturated carbocycles. The normalized spacial score (nSPS) is 17.1. The Hall–Kier alpha value is -3.62. The molecule has 0 aromatic heterocycles. The highest BCUT2D eigenvalue weighted by atomic mass is 32.2. The quantitative estimate of drug-likeness (QED) is 0.324. The van der Waals surface area contributed by atoms with E-state index in [2.05, 4.69) is 10.5 Å². The SMILES string of the molecule is O=[N+]([O-])c1ccc(NN=Cc2ccc(N3CCCC3)c([N+](=O)[O-])c2)c(S(=O)(=O)N2CCOCC2)c1. The van der Waals surface area contributed by atoms with Crippen molar-refractivity contribution in [2.45, 2.75) is 17.7 Å². The predicted molar refractivity (Wildman–Crippen MR) is 128 cm³/mol. The molecule has 13 nitrogen and oxygen atoms in total. The van der Waals surface area contributed by atoms with Crippen LogP contribution in [0.5, 0.6) is 0 Å². The van der Waals surface area contributed by atoms with Gasteiger partial charge in [-0.2, -0.15) is 9.41 Å². The zero-order valence-electron chi connectivity index (χ0n) is 18.7. The Labute approximate surface area is 201 Å².